The monoisotopic (exact) mass is 296 g/mol. The molecular weight excluding hydrogens is 280 g/mol. The lowest BCUT2D eigenvalue weighted by Gasteiger charge is -2.31. The van der Waals surface area contributed by atoms with Gasteiger partial charge < -0.3 is 19.8 Å². The predicted molar refractivity (Wildman–Crippen MR) is 70.2 cm³/mol. The first-order chi connectivity index (χ1) is 10.0. The fourth-order valence-electron chi connectivity index (χ4n) is 2.34. The number of aromatic nitrogens is 2. The molecule has 1 saturated heterocycles. The maximum atomic E-state index is 12.1. The quantitative estimate of drug-likeness (QED) is 0.446. The molecule has 1 aromatic rings. The highest BCUT2D eigenvalue weighted by atomic mass is 16.6. The predicted octanol–water partition coefficient (Wildman–Crippen LogP) is 0.203. The molecule has 2 rings (SSSR count). The molecule has 114 valence electrons. The molecule has 0 bridgehead atoms. The van der Waals surface area contributed by atoms with Crippen LogP contribution in [0.15, 0.2) is 12.3 Å². The molecule has 0 aliphatic carbocycles. The summed E-state index contributed by atoms with van der Waals surface area (Å²) in [4.78, 5) is 35.2. The summed E-state index contributed by atoms with van der Waals surface area (Å²) in [5.74, 6) is -1.14. The van der Waals surface area contributed by atoms with Gasteiger partial charge in [0.25, 0.3) is 0 Å². The van der Waals surface area contributed by atoms with E-state index in [-0.39, 0.29) is 30.2 Å². The minimum atomic E-state index is -0.616. The van der Waals surface area contributed by atoms with Crippen LogP contribution in [-0.2, 0) is 20.9 Å². The first kappa shape index (κ1) is 14.9. The van der Waals surface area contributed by atoms with Gasteiger partial charge in [0, 0.05) is 13.1 Å². The number of esters is 1. The van der Waals surface area contributed by atoms with Gasteiger partial charge in [-0.1, -0.05) is 0 Å². The van der Waals surface area contributed by atoms with Crippen molar-refractivity contribution in [2.45, 2.75) is 19.4 Å². The van der Waals surface area contributed by atoms with Gasteiger partial charge in [0.2, 0.25) is 5.91 Å². The van der Waals surface area contributed by atoms with E-state index < -0.39 is 4.92 Å². The second-order valence-electron chi connectivity index (χ2n) is 4.83. The van der Waals surface area contributed by atoms with E-state index in [4.69, 9.17) is 4.74 Å². The van der Waals surface area contributed by atoms with Crippen molar-refractivity contribution in [1.29, 1.82) is 0 Å². The van der Waals surface area contributed by atoms with Crippen LogP contribution in [-0.4, -0.2) is 51.7 Å². The second-order valence-corrected chi connectivity index (χ2v) is 4.83. The number of piperidine rings is 1. The van der Waals surface area contributed by atoms with E-state index in [0.29, 0.717) is 19.5 Å². The van der Waals surface area contributed by atoms with E-state index in [1.54, 1.807) is 4.90 Å². The van der Waals surface area contributed by atoms with Gasteiger partial charge >= 0.3 is 11.8 Å². The van der Waals surface area contributed by atoms with E-state index in [2.05, 4.69) is 5.10 Å². The lowest BCUT2D eigenvalue weighted by Crippen LogP contribution is -2.44. The summed E-state index contributed by atoms with van der Waals surface area (Å²) < 4.78 is 5.92. The number of nitrogens with zero attached hydrogens (tertiary/aromatic N) is 4. The van der Waals surface area contributed by atoms with Crippen molar-refractivity contribution in [1.82, 2.24) is 14.7 Å². The SMILES string of the molecule is COC(=O)[C@H]1CCCN(C(=O)Cn2ccc([N+](=O)[O-])n2)C1. The number of nitro groups is 1. The number of hydrogen-bond acceptors (Lipinski definition) is 6. The van der Waals surface area contributed by atoms with Gasteiger partial charge in [-0.2, -0.15) is 4.68 Å². The van der Waals surface area contributed by atoms with E-state index in [1.807, 2.05) is 0 Å². The standard InChI is InChI=1S/C12H16N4O5/c1-21-12(18)9-3-2-5-14(7-9)11(17)8-15-6-4-10(13-15)16(19)20/h4,6,9H,2-3,5,7-8H2,1H3/t9-/m0/s1. The fraction of sp³-hybridized carbons (Fsp3) is 0.583. The maximum absolute atomic E-state index is 12.1. The first-order valence-electron chi connectivity index (χ1n) is 6.54. The summed E-state index contributed by atoms with van der Waals surface area (Å²) in [5, 5.41) is 14.2. The summed E-state index contributed by atoms with van der Waals surface area (Å²) in [7, 11) is 1.33. The molecule has 1 aliphatic rings. The summed E-state index contributed by atoms with van der Waals surface area (Å²) in [6, 6.07) is 1.24. The molecule has 0 aromatic carbocycles. The van der Waals surface area contributed by atoms with Crippen molar-refractivity contribution in [3.8, 4) is 0 Å². The molecule has 1 aliphatic heterocycles. The van der Waals surface area contributed by atoms with Crippen LogP contribution in [0.1, 0.15) is 12.8 Å². The highest BCUT2D eigenvalue weighted by Crippen LogP contribution is 2.18. The Bertz CT molecular complexity index is 556. The van der Waals surface area contributed by atoms with Crippen molar-refractivity contribution in [3.63, 3.8) is 0 Å². The van der Waals surface area contributed by atoms with Crippen LogP contribution < -0.4 is 0 Å². The number of ether oxygens (including phenoxy) is 1. The van der Waals surface area contributed by atoms with Crippen LogP contribution >= 0.6 is 0 Å². The molecule has 2 heterocycles. The highest BCUT2D eigenvalue weighted by molar-refractivity contribution is 5.78. The number of carbonyl (C=O) groups is 2. The second kappa shape index (κ2) is 6.33. The zero-order valence-corrected chi connectivity index (χ0v) is 11.6. The fourth-order valence-corrected chi connectivity index (χ4v) is 2.34. The molecule has 9 heteroatoms. The Morgan fingerprint density at radius 3 is 2.95 bits per heavy atom. The Morgan fingerprint density at radius 2 is 2.33 bits per heavy atom. The van der Waals surface area contributed by atoms with Crippen molar-refractivity contribution in [2.24, 2.45) is 5.92 Å². The van der Waals surface area contributed by atoms with Crippen LogP contribution in [0.3, 0.4) is 0 Å². The zero-order valence-electron chi connectivity index (χ0n) is 11.6. The molecule has 1 amide bonds. The Balaban J connectivity index is 1.96. The van der Waals surface area contributed by atoms with E-state index in [1.165, 1.54) is 24.1 Å². The molecule has 21 heavy (non-hydrogen) atoms. The third-order valence-corrected chi connectivity index (χ3v) is 3.42. The van der Waals surface area contributed by atoms with Crippen molar-refractivity contribution < 1.29 is 19.2 Å². The van der Waals surface area contributed by atoms with Crippen molar-refractivity contribution in [3.05, 3.63) is 22.4 Å². The Kier molecular flexibility index (Phi) is 4.51. The summed E-state index contributed by atoms with van der Waals surface area (Å²) >= 11 is 0. The molecule has 1 atom stereocenters. The van der Waals surface area contributed by atoms with Crippen LogP contribution in [0.2, 0.25) is 0 Å². The van der Waals surface area contributed by atoms with Gasteiger partial charge in [-0.05, 0) is 17.8 Å². The first-order valence-corrected chi connectivity index (χ1v) is 6.54. The van der Waals surface area contributed by atoms with Crippen LogP contribution in [0.5, 0.6) is 0 Å². The number of hydrogen-bond donors (Lipinski definition) is 0. The summed E-state index contributed by atoms with van der Waals surface area (Å²) in [6.07, 6.45) is 2.81. The Hall–Kier alpha value is -2.45. The topological polar surface area (TPSA) is 108 Å². The van der Waals surface area contributed by atoms with Crippen molar-refractivity contribution >= 4 is 17.7 Å². The van der Waals surface area contributed by atoms with E-state index in [0.717, 1.165) is 6.42 Å². The van der Waals surface area contributed by atoms with Crippen LogP contribution in [0.4, 0.5) is 5.82 Å². The molecular formula is C12H16N4O5. The van der Waals surface area contributed by atoms with Gasteiger partial charge in [-0.25, -0.2) is 0 Å². The van der Waals surface area contributed by atoms with Gasteiger partial charge in [-0.3, -0.25) is 9.59 Å². The number of rotatable bonds is 4. The zero-order chi connectivity index (χ0) is 15.4. The average Bonchev–Trinajstić information content (AvgIpc) is 2.95. The number of amides is 1. The van der Waals surface area contributed by atoms with Gasteiger partial charge in [-0.15, -0.1) is 0 Å². The lowest BCUT2D eigenvalue weighted by molar-refractivity contribution is -0.389. The average molecular weight is 296 g/mol. The summed E-state index contributed by atoms with van der Waals surface area (Å²) in [5.41, 5.74) is 0. The molecule has 0 spiro atoms. The molecule has 0 radical (unpaired) electrons. The molecule has 0 saturated carbocycles. The van der Waals surface area contributed by atoms with Gasteiger partial charge in [0.15, 0.2) is 0 Å². The number of likely N-dealkylation sites (tertiary alicyclic amines) is 1. The maximum Gasteiger partial charge on any atom is 0.389 e. The van der Waals surface area contributed by atoms with Gasteiger partial charge in [0.05, 0.1) is 30.4 Å². The Labute approximate surface area is 120 Å². The minimum Gasteiger partial charge on any atom is -0.469 e. The van der Waals surface area contributed by atoms with E-state index >= 15 is 0 Å². The molecule has 9 nitrogen and oxygen atoms in total. The minimum absolute atomic E-state index is 0.0816. The molecule has 0 N–H and O–H groups in total. The Morgan fingerprint density at radius 1 is 1.57 bits per heavy atom. The number of methoxy groups -OCH3 is 1. The molecule has 1 aromatic heterocycles. The highest BCUT2D eigenvalue weighted by Gasteiger charge is 2.29. The third kappa shape index (κ3) is 3.56. The smallest absolute Gasteiger partial charge is 0.389 e. The largest absolute Gasteiger partial charge is 0.469 e. The van der Waals surface area contributed by atoms with Crippen LogP contribution in [0, 0.1) is 16.0 Å². The summed E-state index contributed by atoms with van der Waals surface area (Å²) in [6.45, 7) is 0.798. The normalized spacial score (nSPS) is 18.3. The van der Waals surface area contributed by atoms with E-state index in [9.17, 15) is 19.7 Å². The van der Waals surface area contributed by atoms with Crippen molar-refractivity contribution in [2.75, 3.05) is 20.2 Å². The molecule has 1 fully saturated rings. The molecule has 0 unspecified atom stereocenters. The number of carbonyl (C=O) groups excluding carboxylic acids is 2. The third-order valence-electron chi connectivity index (χ3n) is 3.42. The van der Waals surface area contributed by atoms with Gasteiger partial charge in [0.1, 0.15) is 6.54 Å². The lowest BCUT2D eigenvalue weighted by atomic mass is 9.98. The van der Waals surface area contributed by atoms with Crippen LogP contribution in [0.25, 0.3) is 0 Å².